The van der Waals surface area contributed by atoms with E-state index in [1.165, 1.54) is 0 Å². The largest absolute Gasteiger partial charge is 0.306 e. The molecule has 1 heterocycles. The SMILES string of the molecule is CN1CCC(C(=O)C2(C#N)CC2)CC1. The monoisotopic (exact) mass is 192 g/mol. The van der Waals surface area contributed by atoms with E-state index in [1.54, 1.807) is 0 Å². The van der Waals surface area contributed by atoms with E-state index in [4.69, 9.17) is 5.26 Å². The van der Waals surface area contributed by atoms with Crippen molar-refractivity contribution in [3.8, 4) is 6.07 Å². The molecular weight excluding hydrogens is 176 g/mol. The molecule has 0 atom stereocenters. The fraction of sp³-hybridized carbons (Fsp3) is 0.818. The summed E-state index contributed by atoms with van der Waals surface area (Å²) in [5, 5.41) is 8.93. The number of likely N-dealkylation sites (tertiary alicyclic amines) is 1. The molecule has 0 aromatic carbocycles. The molecule has 0 bridgehead atoms. The van der Waals surface area contributed by atoms with E-state index in [2.05, 4.69) is 18.0 Å². The minimum Gasteiger partial charge on any atom is -0.306 e. The number of carbonyl (C=O) groups excluding carboxylic acids is 1. The van der Waals surface area contributed by atoms with Gasteiger partial charge in [0.05, 0.1) is 6.07 Å². The average Bonchev–Trinajstić information content (AvgIpc) is 2.99. The molecule has 0 N–H and O–H groups in total. The molecule has 76 valence electrons. The van der Waals surface area contributed by atoms with Gasteiger partial charge in [0, 0.05) is 5.92 Å². The lowest BCUT2D eigenvalue weighted by atomic mass is 9.85. The van der Waals surface area contributed by atoms with Crippen LogP contribution in [0.15, 0.2) is 0 Å². The number of nitriles is 1. The van der Waals surface area contributed by atoms with Crippen LogP contribution in [-0.2, 0) is 4.79 Å². The molecule has 0 aromatic rings. The molecule has 0 unspecified atom stereocenters. The molecule has 0 radical (unpaired) electrons. The predicted molar refractivity (Wildman–Crippen MR) is 52.5 cm³/mol. The van der Waals surface area contributed by atoms with Crippen LogP contribution in [0, 0.1) is 22.7 Å². The third-order valence-corrected chi connectivity index (χ3v) is 3.53. The van der Waals surface area contributed by atoms with Crippen LogP contribution in [-0.4, -0.2) is 30.8 Å². The summed E-state index contributed by atoms with van der Waals surface area (Å²) < 4.78 is 0. The molecule has 1 saturated heterocycles. The van der Waals surface area contributed by atoms with E-state index >= 15 is 0 Å². The van der Waals surface area contributed by atoms with E-state index in [0.29, 0.717) is 0 Å². The lowest BCUT2D eigenvalue weighted by molar-refractivity contribution is -0.127. The molecular formula is C11H16N2O. The number of Topliss-reactive ketones (excluding diaryl/α,β-unsaturated/α-hetero) is 1. The highest BCUT2D eigenvalue weighted by atomic mass is 16.1. The minimum absolute atomic E-state index is 0.161. The van der Waals surface area contributed by atoms with Crippen LogP contribution in [0.1, 0.15) is 25.7 Å². The summed E-state index contributed by atoms with van der Waals surface area (Å²) in [4.78, 5) is 14.2. The van der Waals surface area contributed by atoms with E-state index in [1.807, 2.05) is 0 Å². The van der Waals surface area contributed by atoms with Gasteiger partial charge in [-0.15, -0.1) is 0 Å². The summed E-state index contributed by atoms with van der Waals surface area (Å²) >= 11 is 0. The van der Waals surface area contributed by atoms with Crippen molar-refractivity contribution in [1.82, 2.24) is 4.90 Å². The van der Waals surface area contributed by atoms with Gasteiger partial charge in [-0.1, -0.05) is 0 Å². The molecule has 2 fully saturated rings. The van der Waals surface area contributed by atoms with E-state index in [9.17, 15) is 4.79 Å². The summed E-state index contributed by atoms with van der Waals surface area (Å²) in [6.45, 7) is 2.00. The summed E-state index contributed by atoms with van der Waals surface area (Å²) in [7, 11) is 2.08. The summed E-state index contributed by atoms with van der Waals surface area (Å²) in [6.07, 6.45) is 3.49. The van der Waals surface area contributed by atoms with Gasteiger partial charge in [-0.05, 0) is 45.8 Å². The molecule has 3 heteroatoms. The van der Waals surface area contributed by atoms with E-state index in [-0.39, 0.29) is 11.7 Å². The van der Waals surface area contributed by atoms with Gasteiger partial charge >= 0.3 is 0 Å². The Balaban J connectivity index is 1.97. The van der Waals surface area contributed by atoms with Crippen LogP contribution >= 0.6 is 0 Å². The Labute approximate surface area is 84.7 Å². The van der Waals surface area contributed by atoms with Crippen LogP contribution in [0.5, 0.6) is 0 Å². The average molecular weight is 192 g/mol. The molecule has 1 saturated carbocycles. The van der Waals surface area contributed by atoms with Crippen LogP contribution in [0.2, 0.25) is 0 Å². The highest BCUT2D eigenvalue weighted by molar-refractivity contribution is 5.92. The molecule has 2 rings (SSSR count). The first-order chi connectivity index (χ1) is 6.68. The maximum Gasteiger partial charge on any atom is 0.156 e. The lowest BCUT2D eigenvalue weighted by Gasteiger charge is -2.28. The van der Waals surface area contributed by atoms with Crippen LogP contribution in [0.4, 0.5) is 0 Å². The molecule has 0 amide bonds. The van der Waals surface area contributed by atoms with Gasteiger partial charge in [-0.2, -0.15) is 5.26 Å². The van der Waals surface area contributed by atoms with Gasteiger partial charge in [-0.3, -0.25) is 4.79 Å². The standard InChI is InChI=1S/C11H16N2O/c1-13-6-2-9(3-7-13)10(14)11(8-12)4-5-11/h9H,2-7H2,1H3. The van der Waals surface area contributed by atoms with Gasteiger partial charge in [0.1, 0.15) is 5.41 Å². The third-order valence-electron chi connectivity index (χ3n) is 3.53. The van der Waals surface area contributed by atoms with Gasteiger partial charge in [-0.25, -0.2) is 0 Å². The number of nitrogens with zero attached hydrogens (tertiary/aromatic N) is 2. The van der Waals surface area contributed by atoms with Crippen LogP contribution < -0.4 is 0 Å². The fourth-order valence-corrected chi connectivity index (χ4v) is 2.20. The van der Waals surface area contributed by atoms with Crippen molar-refractivity contribution in [3.05, 3.63) is 0 Å². The van der Waals surface area contributed by atoms with E-state index < -0.39 is 5.41 Å². The zero-order valence-corrected chi connectivity index (χ0v) is 8.62. The number of hydrogen-bond donors (Lipinski definition) is 0. The Hall–Kier alpha value is -0.880. The second kappa shape index (κ2) is 3.36. The smallest absolute Gasteiger partial charge is 0.156 e. The highest BCUT2D eigenvalue weighted by Gasteiger charge is 2.52. The first kappa shape index (κ1) is 9.67. The van der Waals surface area contributed by atoms with Crippen molar-refractivity contribution in [2.75, 3.05) is 20.1 Å². The van der Waals surface area contributed by atoms with Gasteiger partial charge in [0.2, 0.25) is 0 Å². The van der Waals surface area contributed by atoms with Gasteiger partial charge in [0.25, 0.3) is 0 Å². The zero-order chi connectivity index (χ0) is 10.2. The topological polar surface area (TPSA) is 44.1 Å². The predicted octanol–water partition coefficient (Wildman–Crippen LogP) is 1.20. The highest BCUT2D eigenvalue weighted by Crippen LogP contribution is 2.48. The zero-order valence-electron chi connectivity index (χ0n) is 8.62. The first-order valence-corrected chi connectivity index (χ1v) is 5.32. The normalized spacial score (nSPS) is 26.9. The molecule has 0 spiro atoms. The van der Waals surface area contributed by atoms with Gasteiger partial charge in [0.15, 0.2) is 5.78 Å². The quantitative estimate of drug-likeness (QED) is 0.660. The Kier molecular flexibility index (Phi) is 2.32. The van der Waals surface area contributed by atoms with Crippen molar-refractivity contribution < 1.29 is 4.79 Å². The molecule has 14 heavy (non-hydrogen) atoms. The van der Waals surface area contributed by atoms with Crippen molar-refractivity contribution in [2.45, 2.75) is 25.7 Å². The Morgan fingerprint density at radius 2 is 2.00 bits per heavy atom. The van der Waals surface area contributed by atoms with Crippen LogP contribution in [0.25, 0.3) is 0 Å². The number of carbonyl (C=O) groups is 1. The van der Waals surface area contributed by atoms with Gasteiger partial charge < -0.3 is 4.90 Å². The molecule has 1 aliphatic carbocycles. The number of hydrogen-bond acceptors (Lipinski definition) is 3. The second-order valence-corrected chi connectivity index (χ2v) is 4.64. The summed E-state index contributed by atoms with van der Waals surface area (Å²) in [5.41, 5.74) is -0.555. The first-order valence-electron chi connectivity index (χ1n) is 5.32. The van der Waals surface area contributed by atoms with Crippen LogP contribution in [0.3, 0.4) is 0 Å². The minimum atomic E-state index is -0.555. The number of ketones is 1. The Morgan fingerprint density at radius 3 is 2.43 bits per heavy atom. The van der Waals surface area contributed by atoms with Crippen molar-refractivity contribution >= 4 is 5.78 Å². The lowest BCUT2D eigenvalue weighted by Crippen LogP contribution is -2.36. The molecule has 3 nitrogen and oxygen atoms in total. The molecule has 1 aliphatic heterocycles. The maximum absolute atomic E-state index is 12.0. The fourth-order valence-electron chi connectivity index (χ4n) is 2.20. The number of rotatable bonds is 2. The summed E-state index contributed by atoms with van der Waals surface area (Å²) in [5.74, 6) is 0.390. The second-order valence-electron chi connectivity index (χ2n) is 4.64. The summed E-state index contributed by atoms with van der Waals surface area (Å²) in [6, 6.07) is 2.20. The molecule has 2 aliphatic rings. The van der Waals surface area contributed by atoms with Crippen molar-refractivity contribution in [1.29, 1.82) is 5.26 Å². The van der Waals surface area contributed by atoms with E-state index in [0.717, 1.165) is 38.8 Å². The molecule has 0 aromatic heterocycles. The Bertz CT molecular complexity index is 280. The van der Waals surface area contributed by atoms with Crippen molar-refractivity contribution in [3.63, 3.8) is 0 Å². The number of piperidine rings is 1. The third kappa shape index (κ3) is 1.55. The Morgan fingerprint density at radius 1 is 1.43 bits per heavy atom. The maximum atomic E-state index is 12.0. The van der Waals surface area contributed by atoms with Crippen molar-refractivity contribution in [2.24, 2.45) is 11.3 Å².